The number of nitrogens with one attached hydrogen (secondary N) is 1. The summed E-state index contributed by atoms with van der Waals surface area (Å²) in [6.45, 7) is 0.718. The average Bonchev–Trinajstić information content (AvgIpc) is 2.47. The van der Waals surface area contributed by atoms with Crippen LogP contribution in [0.3, 0.4) is 0 Å². The second-order valence-electron chi connectivity index (χ2n) is 4.47. The van der Waals surface area contributed by atoms with Gasteiger partial charge < -0.3 is 5.32 Å². The van der Waals surface area contributed by atoms with Gasteiger partial charge in [0, 0.05) is 33.0 Å². The lowest BCUT2D eigenvalue weighted by Crippen LogP contribution is -2.01. The van der Waals surface area contributed by atoms with E-state index in [0.717, 1.165) is 32.6 Å². The molecule has 0 fully saturated rings. The van der Waals surface area contributed by atoms with E-state index in [1.165, 1.54) is 5.56 Å². The molecule has 0 aliphatic heterocycles. The summed E-state index contributed by atoms with van der Waals surface area (Å²) in [5.41, 5.74) is 1.17. The summed E-state index contributed by atoms with van der Waals surface area (Å²) in [5, 5.41) is 6.39. The molecule has 0 atom stereocenters. The van der Waals surface area contributed by atoms with E-state index < -0.39 is 0 Å². The zero-order valence-electron chi connectivity index (χ0n) is 10.6. The quantitative estimate of drug-likeness (QED) is 0.699. The minimum atomic E-state index is 0.718. The number of hydrogen-bond donors (Lipinski definition) is 1. The maximum absolute atomic E-state index is 5.89. The van der Waals surface area contributed by atoms with Gasteiger partial charge in [-0.05, 0) is 29.8 Å². The van der Waals surface area contributed by atoms with E-state index in [1.807, 2.05) is 48.7 Å². The molecule has 2 aromatic carbocycles. The zero-order valence-corrected chi connectivity index (χ0v) is 12.9. The molecule has 4 heteroatoms. The molecule has 1 aromatic heterocycles. The Balaban J connectivity index is 1.88. The number of anilines is 1. The van der Waals surface area contributed by atoms with Crippen LogP contribution in [0, 0.1) is 0 Å². The van der Waals surface area contributed by atoms with E-state index in [0.29, 0.717) is 0 Å². The van der Waals surface area contributed by atoms with Crippen molar-refractivity contribution in [2.75, 3.05) is 5.32 Å². The van der Waals surface area contributed by atoms with E-state index in [4.69, 9.17) is 11.6 Å². The first-order valence-corrected chi connectivity index (χ1v) is 7.43. The highest BCUT2D eigenvalue weighted by Crippen LogP contribution is 2.27. The third kappa shape index (κ3) is 2.79. The zero-order chi connectivity index (χ0) is 13.9. The van der Waals surface area contributed by atoms with Crippen LogP contribution in [-0.4, -0.2) is 4.98 Å². The van der Waals surface area contributed by atoms with Crippen molar-refractivity contribution in [2.24, 2.45) is 0 Å². The fraction of sp³-hybridized carbons (Fsp3) is 0.0625. The fourth-order valence-electron chi connectivity index (χ4n) is 2.10. The number of pyridine rings is 1. The summed E-state index contributed by atoms with van der Waals surface area (Å²) in [6.07, 6.45) is 1.82. The van der Waals surface area contributed by atoms with Crippen molar-refractivity contribution < 1.29 is 0 Å². The van der Waals surface area contributed by atoms with Crippen LogP contribution in [0.1, 0.15) is 5.56 Å². The number of nitrogens with zero attached hydrogens (tertiary/aromatic N) is 1. The maximum atomic E-state index is 5.89. The lowest BCUT2D eigenvalue weighted by molar-refractivity contribution is 1.12. The van der Waals surface area contributed by atoms with Crippen LogP contribution in [0.4, 0.5) is 5.82 Å². The van der Waals surface area contributed by atoms with Crippen LogP contribution in [0.5, 0.6) is 0 Å². The number of aromatic nitrogens is 1. The molecule has 0 amide bonds. The van der Waals surface area contributed by atoms with Crippen molar-refractivity contribution in [1.29, 1.82) is 0 Å². The van der Waals surface area contributed by atoms with Crippen molar-refractivity contribution in [3.05, 3.63) is 69.8 Å². The standard InChI is InChI=1S/C16H12BrClN2/c17-15-3-1-2-14-13(15)8-9-19-16(14)20-10-11-4-6-12(18)7-5-11/h1-9H,10H2,(H,19,20). The highest BCUT2D eigenvalue weighted by molar-refractivity contribution is 9.10. The second-order valence-corrected chi connectivity index (χ2v) is 5.77. The fourth-order valence-corrected chi connectivity index (χ4v) is 2.72. The SMILES string of the molecule is Clc1ccc(CNc2nccc3c(Br)cccc23)cc1. The largest absolute Gasteiger partial charge is 0.365 e. The number of rotatable bonds is 3. The van der Waals surface area contributed by atoms with Crippen LogP contribution < -0.4 is 5.32 Å². The Bertz CT molecular complexity index is 741. The Hall–Kier alpha value is -1.58. The molecule has 0 aliphatic carbocycles. The Kier molecular flexibility index (Phi) is 3.90. The molecule has 0 aliphatic rings. The number of benzene rings is 2. The molecule has 20 heavy (non-hydrogen) atoms. The molecule has 0 saturated carbocycles. The molecular formula is C16H12BrClN2. The van der Waals surface area contributed by atoms with Crippen LogP contribution >= 0.6 is 27.5 Å². The van der Waals surface area contributed by atoms with Crippen molar-refractivity contribution in [3.63, 3.8) is 0 Å². The molecule has 0 bridgehead atoms. The van der Waals surface area contributed by atoms with Gasteiger partial charge in [0.15, 0.2) is 0 Å². The predicted octanol–water partition coefficient (Wildman–Crippen LogP) is 5.26. The highest BCUT2D eigenvalue weighted by Gasteiger charge is 2.04. The summed E-state index contributed by atoms with van der Waals surface area (Å²) in [6, 6.07) is 15.9. The molecule has 100 valence electrons. The molecule has 2 nitrogen and oxygen atoms in total. The summed E-state index contributed by atoms with van der Waals surface area (Å²) in [7, 11) is 0. The van der Waals surface area contributed by atoms with Gasteiger partial charge in [-0.1, -0.05) is 51.8 Å². The molecule has 0 unspecified atom stereocenters. The first kappa shape index (κ1) is 13.4. The van der Waals surface area contributed by atoms with Gasteiger partial charge in [-0.3, -0.25) is 0 Å². The third-order valence-electron chi connectivity index (χ3n) is 3.13. The van der Waals surface area contributed by atoms with Gasteiger partial charge in [0.1, 0.15) is 5.82 Å². The third-order valence-corrected chi connectivity index (χ3v) is 4.07. The van der Waals surface area contributed by atoms with Gasteiger partial charge in [0.2, 0.25) is 0 Å². The minimum Gasteiger partial charge on any atom is -0.365 e. The topological polar surface area (TPSA) is 24.9 Å². The van der Waals surface area contributed by atoms with E-state index in [1.54, 1.807) is 0 Å². The van der Waals surface area contributed by atoms with E-state index >= 15 is 0 Å². The van der Waals surface area contributed by atoms with Crippen molar-refractivity contribution >= 4 is 44.1 Å². The van der Waals surface area contributed by atoms with E-state index in [2.05, 4.69) is 32.3 Å². The summed E-state index contributed by atoms with van der Waals surface area (Å²) >= 11 is 9.45. The molecular weight excluding hydrogens is 336 g/mol. The van der Waals surface area contributed by atoms with Crippen molar-refractivity contribution in [1.82, 2.24) is 4.98 Å². The monoisotopic (exact) mass is 346 g/mol. The first-order chi connectivity index (χ1) is 9.74. The van der Waals surface area contributed by atoms with Crippen molar-refractivity contribution in [3.8, 4) is 0 Å². The lowest BCUT2D eigenvalue weighted by Gasteiger charge is -2.09. The smallest absolute Gasteiger partial charge is 0.134 e. The molecule has 3 aromatic rings. The molecule has 1 heterocycles. The van der Waals surface area contributed by atoms with Crippen molar-refractivity contribution in [2.45, 2.75) is 6.54 Å². The van der Waals surface area contributed by atoms with Crippen LogP contribution in [-0.2, 0) is 6.54 Å². The average molecular weight is 348 g/mol. The van der Waals surface area contributed by atoms with E-state index in [9.17, 15) is 0 Å². The first-order valence-electron chi connectivity index (χ1n) is 6.25. The Morgan fingerprint density at radius 2 is 1.80 bits per heavy atom. The lowest BCUT2D eigenvalue weighted by atomic mass is 10.1. The van der Waals surface area contributed by atoms with Gasteiger partial charge in [-0.25, -0.2) is 4.98 Å². The Labute approximate surface area is 130 Å². The molecule has 0 spiro atoms. The summed E-state index contributed by atoms with van der Waals surface area (Å²) in [5.74, 6) is 0.888. The van der Waals surface area contributed by atoms with E-state index in [-0.39, 0.29) is 0 Å². The van der Waals surface area contributed by atoms with Gasteiger partial charge in [-0.2, -0.15) is 0 Å². The molecule has 1 N–H and O–H groups in total. The highest BCUT2D eigenvalue weighted by atomic mass is 79.9. The van der Waals surface area contributed by atoms with Gasteiger partial charge in [0.05, 0.1) is 0 Å². The Morgan fingerprint density at radius 1 is 1.00 bits per heavy atom. The van der Waals surface area contributed by atoms with Gasteiger partial charge >= 0.3 is 0 Å². The number of hydrogen-bond acceptors (Lipinski definition) is 2. The van der Waals surface area contributed by atoms with Crippen LogP contribution in [0.15, 0.2) is 59.2 Å². The van der Waals surface area contributed by atoms with Gasteiger partial charge in [0.25, 0.3) is 0 Å². The maximum Gasteiger partial charge on any atom is 0.134 e. The Morgan fingerprint density at radius 3 is 2.60 bits per heavy atom. The summed E-state index contributed by atoms with van der Waals surface area (Å²) in [4.78, 5) is 4.42. The van der Waals surface area contributed by atoms with Crippen LogP contribution in [0.2, 0.25) is 5.02 Å². The molecule has 0 saturated heterocycles. The molecule has 3 rings (SSSR count). The number of fused-ring (bicyclic) bond motifs is 1. The predicted molar refractivity (Wildman–Crippen MR) is 88.2 cm³/mol. The normalized spacial score (nSPS) is 10.7. The molecule has 0 radical (unpaired) electrons. The second kappa shape index (κ2) is 5.81. The minimum absolute atomic E-state index is 0.718. The summed E-state index contributed by atoms with van der Waals surface area (Å²) < 4.78 is 1.08. The van der Waals surface area contributed by atoms with Gasteiger partial charge in [-0.15, -0.1) is 0 Å². The number of halogens is 2. The van der Waals surface area contributed by atoms with Crippen LogP contribution in [0.25, 0.3) is 10.8 Å².